The van der Waals surface area contributed by atoms with Gasteiger partial charge in [0.05, 0.1) is 24.2 Å². The van der Waals surface area contributed by atoms with Crippen LogP contribution in [-0.2, 0) is 13.0 Å². The number of aliphatic hydroxyl groups is 1. The van der Waals surface area contributed by atoms with E-state index >= 15 is 0 Å². The number of nitrogens with zero attached hydrogens (tertiary/aromatic N) is 2. The maximum Gasteiger partial charge on any atom is 0.119 e. The molecular weight excluding hydrogens is 336 g/mol. The van der Waals surface area contributed by atoms with Crippen LogP contribution in [0.15, 0.2) is 30.3 Å². The first-order chi connectivity index (χ1) is 12.0. The largest absolute Gasteiger partial charge is 0.492 e. The number of hydrogen-bond donors (Lipinski definition) is 1. The van der Waals surface area contributed by atoms with Crippen molar-refractivity contribution in [2.24, 2.45) is 0 Å². The fourth-order valence-electron chi connectivity index (χ4n) is 2.93. The van der Waals surface area contributed by atoms with Crippen molar-refractivity contribution < 1.29 is 9.84 Å². The van der Waals surface area contributed by atoms with Crippen LogP contribution >= 0.6 is 11.6 Å². The second kappa shape index (κ2) is 7.46. The first-order valence-electron chi connectivity index (χ1n) is 8.45. The first kappa shape index (κ1) is 17.8. The quantitative estimate of drug-likeness (QED) is 0.717. The summed E-state index contributed by atoms with van der Waals surface area (Å²) in [6.07, 6.45) is 0.535. The van der Waals surface area contributed by atoms with Gasteiger partial charge in [-0.2, -0.15) is 0 Å². The Kier molecular flexibility index (Phi) is 5.30. The summed E-state index contributed by atoms with van der Waals surface area (Å²) >= 11 is 6.05. The van der Waals surface area contributed by atoms with Gasteiger partial charge in [-0.3, -0.25) is 0 Å². The van der Waals surface area contributed by atoms with E-state index in [9.17, 15) is 5.11 Å². The van der Waals surface area contributed by atoms with Gasteiger partial charge in [0, 0.05) is 11.4 Å². The van der Waals surface area contributed by atoms with Gasteiger partial charge < -0.3 is 14.4 Å². The lowest BCUT2D eigenvalue weighted by Gasteiger charge is -2.12. The summed E-state index contributed by atoms with van der Waals surface area (Å²) in [5, 5.41) is 10.1. The zero-order chi connectivity index (χ0) is 18.0. The number of ether oxygens (including phenoxy) is 1. The molecule has 1 heterocycles. The molecule has 0 saturated carbocycles. The minimum atomic E-state index is 0.0819. The molecule has 0 fully saturated rings. The van der Waals surface area contributed by atoms with Gasteiger partial charge in [-0.15, -0.1) is 0 Å². The van der Waals surface area contributed by atoms with E-state index in [1.54, 1.807) is 0 Å². The second-order valence-electron chi connectivity index (χ2n) is 6.34. The Balaban J connectivity index is 1.82. The number of fused-ring (bicyclic) bond motifs is 1. The lowest BCUT2D eigenvalue weighted by Crippen LogP contribution is -2.12. The van der Waals surface area contributed by atoms with Gasteiger partial charge in [0.15, 0.2) is 0 Å². The Morgan fingerprint density at radius 2 is 1.84 bits per heavy atom. The zero-order valence-corrected chi connectivity index (χ0v) is 15.6. The number of benzene rings is 2. The van der Waals surface area contributed by atoms with Crippen LogP contribution in [0.25, 0.3) is 11.0 Å². The molecule has 0 bridgehead atoms. The van der Waals surface area contributed by atoms with Crippen molar-refractivity contribution >= 4 is 22.6 Å². The predicted octanol–water partition coefficient (Wildman–Crippen LogP) is 4.23. The lowest BCUT2D eigenvalue weighted by molar-refractivity contribution is 0.283. The summed E-state index contributed by atoms with van der Waals surface area (Å²) in [7, 11) is 0. The number of aliphatic hydroxyl groups excluding tert-OH is 1. The summed E-state index contributed by atoms with van der Waals surface area (Å²) < 4.78 is 8.02. The molecular formula is C20H23ClN2O2. The molecule has 0 spiro atoms. The summed E-state index contributed by atoms with van der Waals surface area (Å²) in [4.78, 5) is 4.69. The minimum Gasteiger partial charge on any atom is -0.492 e. The molecule has 4 nitrogen and oxygen atoms in total. The van der Waals surface area contributed by atoms with Crippen molar-refractivity contribution in [1.29, 1.82) is 0 Å². The topological polar surface area (TPSA) is 47.3 Å². The average Bonchev–Trinajstić information content (AvgIpc) is 2.89. The summed E-state index contributed by atoms with van der Waals surface area (Å²) in [6, 6.07) is 9.93. The highest BCUT2D eigenvalue weighted by atomic mass is 35.5. The molecule has 25 heavy (non-hydrogen) atoms. The predicted molar refractivity (Wildman–Crippen MR) is 102 cm³/mol. The van der Waals surface area contributed by atoms with E-state index in [4.69, 9.17) is 16.3 Å². The molecule has 0 aliphatic heterocycles. The molecule has 1 aromatic heterocycles. The summed E-state index contributed by atoms with van der Waals surface area (Å²) in [5.74, 6) is 1.69. The van der Waals surface area contributed by atoms with Crippen molar-refractivity contribution in [3.8, 4) is 5.75 Å². The second-order valence-corrected chi connectivity index (χ2v) is 6.75. The Morgan fingerprint density at radius 1 is 1.08 bits per heavy atom. The van der Waals surface area contributed by atoms with Crippen molar-refractivity contribution in [3.05, 3.63) is 57.9 Å². The summed E-state index contributed by atoms with van der Waals surface area (Å²) in [5.41, 5.74) is 5.51. The lowest BCUT2D eigenvalue weighted by atomic mass is 10.1. The van der Waals surface area contributed by atoms with Gasteiger partial charge in [-0.05, 0) is 67.8 Å². The molecule has 0 aliphatic rings. The Labute approximate surface area is 153 Å². The minimum absolute atomic E-state index is 0.0819. The van der Waals surface area contributed by atoms with Crippen LogP contribution in [0.5, 0.6) is 5.75 Å². The van der Waals surface area contributed by atoms with E-state index in [2.05, 4.69) is 35.5 Å². The molecule has 0 saturated heterocycles. The van der Waals surface area contributed by atoms with Crippen LogP contribution in [-0.4, -0.2) is 27.9 Å². The van der Waals surface area contributed by atoms with Crippen LogP contribution in [0, 0.1) is 20.8 Å². The fourth-order valence-corrected chi connectivity index (χ4v) is 3.05. The maximum absolute atomic E-state index is 9.34. The summed E-state index contributed by atoms with van der Waals surface area (Å²) in [6.45, 7) is 7.44. The third-order valence-electron chi connectivity index (χ3n) is 4.49. The van der Waals surface area contributed by atoms with Gasteiger partial charge in [0.2, 0.25) is 0 Å². The third-order valence-corrected chi connectivity index (χ3v) is 4.92. The third kappa shape index (κ3) is 3.80. The van der Waals surface area contributed by atoms with Crippen LogP contribution in [0.3, 0.4) is 0 Å². The van der Waals surface area contributed by atoms with Crippen LogP contribution in [0.4, 0.5) is 0 Å². The molecule has 0 unspecified atom stereocenters. The van der Waals surface area contributed by atoms with Crippen molar-refractivity contribution in [2.75, 3.05) is 13.2 Å². The Hall–Kier alpha value is -2.04. The molecule has 0 aliphatic carbocycles. The standard InChI is InChI=1S/C20H23ClN2O2/c1-13-11-18-19(12-14(13)2)23(20(22-18)6-8-24)7-9-25-16-4-5-17(21)15(3)10-16/h4-5,10-12,24H,6-9H2,1-3H3. The van der Waals surface area contributed by atoms with Crippen molar-refractivity contribution in [3.63, 3.8) is 0 Å². The van der Waals surface area contributed by atoms with E-state index in [1.807, 2.05) is 25.1 Å². The molecule has 2 aromatic carbocycles. The van der Waals surface area contributed by atoms with Crippen LogP contribution < -0.4 is 4.74 Å². The van der Waals surface area contributed by atoms with Gasteiger partial charge in [-0.25, -0.2) is 4.98 Å². The van der Waals surface area contributed by atoms with E-state index in [-0.39, 0.29) is 6.61 Å². The number of hydrogen-bond acceptors (Lipinski definition) is 3. The smallest absolute Gasteiger partial charge is 0.119 e. The molecule has 0 amide bonds. The van der Waals surface area contributed by atoms with Gasteiger partial charge in [0.25, 0.3) is 0 Å². The van der Waals surface area contributed by atoms with Crippen LogP contribution in [0.2, 0.25) is 5.02 Å². The molecule has 3 rings (SSSR count). The SMILES string of the molecule is Cc1cc2nc(CCO)n(CCOc3ccc(Cl)c(C)c3)c2cc1C. The van der Waals surface area contributed by atoms with Gasteiger partial charge in [0.1, 0.15) is 18.2 Å². The number of halogens is 1. The highest BCUT2D eigenvalue weighted by molar-refractivity contribution is 6.31. The Morgan fingerprint density at radius 3 is 2.56 bits per heavy atom. The molecule has 0 radical (unpaired) electrons. The van der Waals surface area contributed by atoms with Crippen molar-refractivity contribution in [2.45, 2.75) is 33.7 Å². The number of aromatic nitrogens is 2. The maximum atomic E-state index is 9.34. The van der Waals surface area contributed by atoms with E-state index in [1.165, 1.54) is 11.1 Å². The molecule has 5 heteroatoms. The molecule has 0 atom stereocenters. The molecule has 1 N–H and O–H groups in total. The van der Waals surface area contributed by atoms with E-state index < -0.39 is 0 Å². The number of aryl methyl sites for hydroxylation is 3. The highest BCUT2D eigenvalue weighted by Crippen LogP contribution is 2.23. The van der Waals surface area contributed by atoms with E-state index in [0.29, 0.717) is 19.6 Å². The van der Waals surface area contributed by atoms with Gasteiger partial charge >= 0.3 is 0 Å². The van der Waals surface area contributed by atoms with E-state index in [0.717, 1.165) is 33.2 Å². The zero-order valence-electron chi connectivity index (χ0n) is 14.8. The highest BCUT2D eigenvalue weighted by Gasteiger charge is 2.12. The Bertz CT molecular complexity index is 902. The monoisotopic (exact) mass is 358 g/mol. The van der Waals surface area contributed by atoms with Crippen molar-refractivity contribution in [1.82, 2.24) is 9.55 Å². The fraction of sp³-hybridized carbons (Fsp3) is 0.350. The first-order valence-corrected chi connectivity index (χ1v) is 8.83. The van der Waals surface area contributed by atoms with Crippen LogP contribution in [0.1, 0.15) is 22.5 Å². The molecule has 132 valence electrons. The number of imidazole rings is 1. The van der Waals surface area contributed by atoms with Gasteiger partial charge in [-0.1, -0.05) is 11.6 Å². The number of rotatable bonds is 6. The normalized spacial score (nSPS) is 11.2. The molecule has 3 aromatic rings. The average molecular weight is 359 g/mol.